The zero-order valence-electron chi connectivity index (χ0n) is 11.2. The average Bonchev–Trinajstić information content (AvgIpc) is 2.76. The lowest BCUT2D eigenvalue weighted by Gasteiger charge is -2.07. The molecule has 3 aromatic rings. The van der Waals surface area contributed by atoms with E-state index in [0.717, 1.165) is 27.7 Å². The van der Waals surface area contributed by atoms with Gasteiger partial charge < -0.3 is 5.11 Å². The van der Waals surface area contributed by atoms with Gasteiger partial charge in [-0.2, -0.15) is 0 Å². The van der Waals surface area contributed by atoms with Crippen LogP contribution < -0.4 is 0 Å². The van der Waals surface area contributed by atoms with Crippen molar-refractivity contribution in [1.82, 2.24) is 15.0 Å². The van der Waals surface area contributed by atoms with Gasteiger partial charge in [0.05, 0.1) is 0 Å². The molecule has 0 saturated carbocycles. The number of aromatic nitrogens is 3. The fourth-order valence-corrected chi connectivity index (χ4v) is 2.22. The summed E-state index contributed by atoms with van der Waals surface area (Å²) in [6.45, 7) is 5.88. The highest BCUT2D eigenvalue weighted by Gasteiger charge is 2.11. The molecular weight excluding hydrogens is 238 g/mol. The summed E-state index contributed by atoms with van der Waals surface area (Å²) >= 11 is 0. The highest BCUT2D eigenvalue weighted by Crippen LogP contribution is 2.27. The Balaban J connectivity index is 2.24. The molecule has 0 saturated heterocycles. The molecule has 96 valence electrons. The Morgan fingerprint density at radius 3 is 2.42 bits per heavy atom. The van der Waals surface area contributed by atoms with E-state index >= 15 is 0 Å². The summed E-state index contributed by atoms with van der Waals surface area (Å²) in [6, 6.07) is 9.75. The molecule has 0 atom stereocenters. The Morgan fingerprint density at radius 1 is 0.895 bits per heavy atom. The van der Waals surface area contributed by atoms with Crippen molar-refractivity contribution >= 4 is 11.0 Å². The lowest BCUT2D eigenvalue weighted by Crippen LogP contribution is -2.00. The first-order valence-electron chi connectivity index (χ1n) is 6.19. The summed E-state index contributed by atoms with van der Waals surface area (Å²) in [4.78, 5) is 1.50. The molecule has 0 radical (unpaired) electrons. The maximum atomic E-state index is 10.2. The Hall–Kier alpha value is -2.36. The first kappa shape index (κ1) is 11.7. The predicted molar refractivity (Wildman–Crippen MR) is 74.7 cm³/mol. The van der Waals surface area contributed by atoms with Crippen LogP contribution in [0.1, 0.15) is 16.7 Å². The summed E-state index contributed by atoms with van der Waals surface area (Å²) in [5.41, 5.74) is 5.31. The SMILES string of the molecule is Cc1cc(C)c(O)c(-n2nc3ccc(C)cc3n2)c1. The Labute approximate surface area is 111 Å². The molecule has 4 heteroatoms. The number of phenols is 1. The van der Waals surface area contributed by atoms with Gasteiger partial charge in [0.25, 0.3) is 0 Å². The molecule has 2 aromatic carbocycles. The van der Waals surface area contributed by atoms with Gasteiger partial charge in [-0.25, -0.2) is 0 Å². The fourth-order valence-electron chi connectivity index (χ4n) is 2.22. The summed E-state index contributed by atoms with van der Waals surface area (Å²) in [5.74, 6) is 0.225. The van der Waals surface area contributed by atoms with Crippen molar-refractivity contribution in [3.8, 4) is 11.4 Å². The van der Waals surface area contributed by atoms with Crippen LogP contribution >= 0.6 is 0 Å². The number of aryl methyl sites for hydroxylation is 3. The number of phenolic OH excluding ortho intramolecular Hbond substituents is 1. The molecule has 0 fully saturated rings. The van der Waals surface area contributed by atoms with Crippen LogP contribution in [0, 0.1) is 20.8 Å². The van der Waals surface area contributed by atoms with E-state index in [9.17, 15) is 5.11 Å². The van der Waals surface area contributed by atoms with Gasteiger partial charge in [-0.05, 0) is 55.7 Å². The Bertz CT molecular complexity index is 774. The molecule has 0 bridgehead atoms. The van der Waals surface area contributed by atoms with E-state index in [2.05, 4.69) is 10.2 Å². The highest BCUT2D eigenvalue weighted by molar-refractivity contribution is 5.74. The van der Waals surface area contributed by atoms with Crippen LogP contribution in [0.5, 0.6) is 5.75 Å². The van der Waals surface area contributed by atoms with E-state index in [4.69, 9.17) is 0 Å². The Kier molecular flexibility index (Phi) is 2.52. The third-order valence-corrected chi connectivity index (χ3v) is 3.18. The van der Waals surface area contributed by atoms with Crippen LogP contribution in [0.25, 0.3) is 16.7 Å². The summed E-state index contributed by atoms with van der Waals surface area (Å²) in [5, 5.41) is 19.0. The first-order valence-corrected chi connectivity index (χ1v) is 6.19. The van der Waals surface area contributed by atoms with Gasteiger partial charge in [0.2, 0.25) is 0 Å². The Morgan fingerprint density at radius 2 is 1.63 bits per heavy atom. The lowest BCUT2D eigenvalue weighted by molar-refractivity contribution is 0.463. The van der Waals surface area contributed by atoms with Crippen molar-refractivity contribution in [2.45, 2.75) is 20.8 Å². The molecule has 1 heterocycles. The van der Waals surface area contributed by atoms with Crippen molar-refractivity contribution < 1.29 is 5.11 Å². The van der Waals surface area contributed by atoms with Crippen molar-refractivity contribution in [2.24, 2.45) is 0 Å². The van der Waals surface area contributed by atoms with Crippen molar-refractivity contribution in [3.05, 3.63) is 47.0 Å². The smallest absolute Gasteiger partial charge is 0.146 e. The van der Waals surface area contributed by atoms with Gasteiger partial charge >= 0.3 is 0 Å². The maximum absolute atomic E-state index is 10.2. The second-order valence-corrected chi connectivity index (χ2v) is 4.93. The third-order valence-electron chi connectivity index (χ3n) is 3.18. The molecule has 0 aliphatic heterocycles. The summed E-state index contributed by atoms with van der Waals surface area (Å²) in [7, 11) is 0. The average molecular weight is 253 g/mol. The quantitative estimate of drug-likeness (QED) is 0.725. The second-order valence-electron chi connectivity index (χ2n) is 4.93. The van der Waals surface area contributed by atoms with Gasteiger partial charge in [-0.1, -0.05) is 12.1 Å². The fraction of sp³-hybridized carbons (Fsp3) is 0.200. The second kappa shape index (κ2) is 4.09. The number of hydrogen-bond acceptors (Lipinski definition) is 3. The number of benzene rings is 2. The standard InChI is InChI=1S/C15H15N3O/c1-9-4-5-12-13(7-9)17-18(16-12)14-8-10(2)6-11(3)15(14)19/h4-8,19H,1-3H3. The van der Waals surface area contributed by atoms with E-state index in [1.54, 1.807) is 0 Å². The molecule has 4 nitrogen and oxygen atoms in total. The van der Waals surface area contributed by atoms with Gasteiger partial charge in [-0.15, -0.1) is 15.0 Å². The van der Waals surface area contributed by atoms with Gasteiger partial charge in [0, 0.05) is 0 Å². The van der Waals surface area contributed by atoms with E-state index in [1.165, 1.54) is 4.80 Å². The molecule has 0 aliphatic carbocycles. The van der Waals surface area contributed by atoms with Gasteiger partial charge in [0.15, 0.2) is 0 Å². The molecule has 19 heavy (non-hydrogen) atoms. The maximum Gasteiger partial charge on any atom is 0.146 e. The topological polar surface area (TPSA) is 50.9 Å². The van der Waals surface area contributed by atoms with Crippen molar-refractivity contribution in [1.29, 1.82) is 0 Å². The lowest BCUT2D eigenvalue weighted by atomic mass is 10.1. The van der Waals surface area contributed by atoms with Crippen LogP contribution in [-0.4, -0.2) is 20.1 Å². The predicted octanol–water partition coefficient (Wildman–Crippen LogP) is 3.05. The minimum Gasteiger partial charge on any atom is -0.505 e. The number of fused-ring (bicyclic) bond motifs is 1. The molecule has 0 unspecified atom stereocenters. The molecule has 0 amide bonds. The normalized spacial score (nSPS) is 11.1. The van der Waals surface area contributed by atoms with Crippen LogP contribution in [0.3, 0.4) is 0 Å². The van der Waals surface area contributed by atoms with Crippen LogP contribution in [0.4, 0.5) is 0 Å². The van der Waals surface area contributed by atoms with Crippen LogP contribution in [-0.2, 0) is 0 Å². The number of rotatable bonds is 1. The highest BCUT2D eigenvalue weighted by atomic mass is 16.3. The summed E-state index contributed by atoms with van der Waals surface area (Å²) in [6.07, 6.45) is 0. The van der Waals surface area contributed by atoms with Crippen LogP contribution in [0.15, 0.2) is 30.3 Å². The minimum absolute atomic E-state index is 0.225. The van der Waals surface area contributed by atoms with E-state index < -0.39 is 0 Å². The molecule has 0 spiro atoms. The molecule has 1 N–H and O–H groups in total. The van der Waals surface area contributed by atoms with Crippen molar-refractivity contribution in [2.75, 3.05) is 0 Å². The number of aromatic hydroxyl groups is 1. The zero-order valence-corrected chi connectivity index (χ0v) is 11.2. The monoisotopic (exact) mass is 253 g/mol. The molecule has 1 aromatic heterocycles. The van der Waals surface area contributed by atoms with E-state index in [1.807, 2.05) is 51.1 Å². The minimum atomic E-state index is 0.225. The van der Waals surface area contributed by atoms with E-state index in [-0.39, 0.29) is 5.75 Å². The van der Waals surface area contributed by atoms with Gasteiger partial charge in [-0.3, -0.25) is 0 Å². The number of nitrogens with zero attached hydrogens (tertiary/aromatic N) is 3. The number of hydrogen-bond donors (Lipinski definition) is 1. The van der Waals surface area contributed by atoms with E-state index in [0.29, 0.717) is 5.69 Å². The molecule has 3 rings (SSSR count). The third kappa shape index (κ3) is 1.95. The van der Waals surface area contributed by atoms with Gasteiger partial charge in [0.1, 0.15) is 22.5 Å². The van der Waals surface area contributed by atoms with Crippen molar-refractivity contribution in [3.63, 3.8) is 0 Å². The largest absolute Gasteiger partial charge is 0.505 e. The zero-order chi connectivity index (χ0) is 13.6. The molecular formula is C15H15N3O. The first-order chi connectivity index (χ1) is 9.04. The van der Waals surface area contributed by atoms with Crippen LogP contribution in [0.2, 0.25) is 0 Å². The molecule has 0 aliphatic rings. The summed E-state index contributed by atoms with van der Waals surface area (Å²) < 4.78 is 0.